The quantitative estimate of drug-likeness (QED) is 0.389. The molecular formula is C19H21ClN2O4. The minimum Gasteiger partial charge on any atom is -0.494 e. The second-order valence-electron chi connectivity index (χ2n) is 6.00. The number of ether oxygens (including phenoxy) is 1. The molecule has 7 heteroatoms. The van der Waals surface area contributed by atoms with Gasteiger partial charge in [0, 0.05) is 30.1 Å². The zero-order valence-electron chi connectivity index (χ0n) is 14.8. The first-order chi connectivity index (χ1) is 12.4. The molecule has 0 unspecified atom stereocenters. The van der Waals surface area contributed by atoms with Gasteiger partial charge in [-0.1, -0.05) is 29.8 Å². The van der Waals surface area contributed by atoms with Gasteiger partial charge in [-0.2, -0.15) is 0 Å². The Kier molecular flexibility index (Phi) is 6.97. The average Bonchev–Trinajstić information content (AvgIpc) is 2.61. The van der Waals surface area contributed by atoms with Gasteiger partial charge in [0.2, 0.25) is 5.91 Å². The topological polar surface area (TPSA) is 72.7 Å². The number of hydrogen-bond acceptors (Lipinski definition) is 4. The Morgan fingerprint density at radius 2 is 2.00 bits per heavy atom. The maximum Gasteiger partial charge on any atom is 0.274 e. The van der Waals surface area contributed by atoms with Crippen molar-refractivity contribution in [2.75, 3.05) is 13.7 Å². The first-order valence-electron chi connectivity index (χ1n) is 8.23. The molecular weight excluding hydrogens is 356 g/mol. The summed E-state index contributed by atoms with van der Waals surface area (Å²) < 4.78 is 5.62. The summed E-state index contributed by atoms with van der Waals surface area (Å²) in [5.41, 5.74) is 1.47. The summed E-state index contributed by atoms with van der Waals surface area (Å²) >= 11 is 5.97. The van der Waals surface area contributed by atoms with Crippen LogP contribution in [0.4, 0.5) is 5.69 Å². The summed E-state index contributed by atoms with van der Waals surface area (Å²) in [4.78, 5) is 24.3. The van der Waals surface area contributed by atoms with Crippen molar-refractivity contribution >= 4 is 23.2 Å². The number of carbonyl (C=O) groups is 1. The average molecular weight is 377 g/mol. The van der Waals surface area contributed by atoms with Crippen molar-refractivity contribution in [1.29, 1.82) is 0 Å². The number of nitro benzene ring substituents is 1. The number of halogens is 1. The van der Waals surface area contributed by atoms with E-state index in [0.29, 0.717) is 35.8 Å². The summed E-state index contributed by atoms with van der Waals surface area (Å²) in [7, 11) is 1.64. The van der Waals surface area contributed by atoms with Crippen molar-refractivity contribution in [1.82, 2.24) is 4.90 Å². The van der Waals surface area contributed by atoms with Crippen molar-refractivity contribution in [3.8, 4) is 5.75 Å². The molecule has 0 spiro atoms. The molecule has 1 amide bonds. The van der Waals surface area contributed by atoms with E-state index >= 15 is 0 Å². The van der Waals surface area contributed by atoms with Gasteiger partial charge >= 0.3 is 0 Å². The van der Waals surface area contributed by atoms with Crippen LogP contribution in [0.15, 0.2) is 42.5 Å². The Hall–Kier alpha value is -2.60. The van der Waals surface area contributed by atoms with Crippen molar-refractivity contribution in [2.45, 2.75) is 26.3 Å². The molecule has 138 valence electrons. The van der Waals surface area contributed by atoms with Crippen molar-refractivity contribution < 1.29 is 14.5 Å². The first-order valence-corrected chi connectivity index (χ1v) is 8.61. The van der Waals surface area contributed by atoms with Crippen LogP contribution in [0.3, 0.4) is 0 Å². The number of hydrogen-bond donors (Lipinski definition) is 0. The molecule has 0 saturated heterocycles. The van der Waals surface area contributed by atoms with E-state index in [1.54, 1.807) is 37.4 Å². The van der Waals surface area contributed by atoms with E-state index in [1.807, 2.05) is 13.0 Å². The summed E-state index contributed by atoms with van der Waals surface area (Å²) in [6.07, 6.45) is 0.867. The first kappa shape index (κ1) is 19.7. The van der Waals surface area contributed by atoms with Crippen molar-refractivity contribution in [3.63, 3.8) is 0 Å². The van der Waals surface area contributed by atoms with Crippen LogP contribution in [-0.2, 0) is 11.3 Å². The van der Waals surface area contributed by atoms with Crippen LogP contribution in [0.5, 0.6) is 5.75 Å². The molecule has 2 aromatic rings. The normalized spacial score (nSPS) is 10.4. The smallest absolute Gasteiger partial charge is 0.274 e. The molecule has 2 aromatic carbocycles. The summed E-state index contributed by atoms with van der Waals surface area (Å²) in [6.45, 7) is 2.51. The third-order valence-electron chi connectivity index (χ3n) is 3.95. The highest BCUT2D eigenvalue weighted by molar-refractivity contribution is 6.31. The molecule has 0 aliphatic rings. The molecule has 0 aliphatic carbocycles. The van der Waals surface area contributed by atoms with Gasteiger partial charge in [-0.25, -0.2) is 0 Å². The maximum absolute atomic E-state index is 12.2. The fourth-order valence-electron chi connectivity index (χ4n) is 2.48. The van der Waals surface area contributed by atoms with Gasteiger partial charge in [-0.05, 0) is 37.1 Å². The van der Waals surface area contributed by atoms with Crippen LogP contribution in [0.25, 0.3) is 0 Å². The number of nitrogens with zero attached hydrogens (tertiary/aromatic N) is 2. The molecule has 0 fully saturated rings. The lowest BCUT2D eigenvalue weighted by atomic mass is 10.1. The third-order valence-corrected chi connectivity index (χ3v) is 4.38. The van der Waals surface area contributed by atoms with E-state index in [-0.39, 0.29) is 18.1 Å². The number of rotatable bonds is 8. The van der Waals surface area contributed by atoms with Crippen molar-refractivity contribution in [3.05, 3.63) is 68.7 Å². The van der Waals surface area contributed by atoms with Gasteiger partial charge < -0.3 is 9.64 Å². The second-order valence-corrected chi connectivity index (χ2v) is 6.41. The zero-order chi connectivity index (χ0) is 19.1. The highest BCUT2D eigenvalue weighted by Crippen LogP contribution is 2.21. The Balaban J connectivity index is 1.80. The molecule has 0 aromatic heterocycles. The highest BCUT2D eigenvalue weighted by Gasteiger charge is 2.16. The van der Waals surface area contributed by atoms with Gasteiger partial charge in [0.15, 0.2) is 0 Å². The van der Waals surface area contributed by atoms with Crippen LogP contribution in [0.2, 0.25) is 5.02 Å². The molecule has 0 saturated carbocycles. The fraction of sp³-hybridized carbons (Fsp3) is 0.316. The lowest BCUT2D eigenvalue weighted by Gasteiger charge is -2.17. The molecule has 26 heavy (non-hydrogen) atoms. The Morgan fingerprint density at radius 3 is 2.69 bits per heavy atom. The van der Waals surface area contributed by atoms with E-state index in [2.05, 4.69) is 0 Å². The summed E-state index contributed by atoms with van der Waals surface area (Å²) in [5, 5.41) is 11.7. The minimum absolute atomic E-state index is 0.0218. The minimum atomic E-state index is -0.435. The third kappa shape index (κ3) is 5.46. The second kappa shape index (κ2) is 9.20. The van der Waals surface area contributed by atoms with E-state index < -0.39 is 4.92 Å². The van der Waals surface area contributed by atoms with Crippen LogP contribution < -0.4 is 4.74 Å². The predicted octanol–water partition coefficient (Wildman–Crippen LogP) is 4.37. The number of nitro groups is 1. The van der Waals surface area contributed by atoms with Gasteiger partial charge in [0.1, 0.15) is 5.75 Å². The van der Waals surface area contributed by atoms with Gasteiger partial charge in [0.05, 0.1) is 18.1 Å². The monoisotopic (exact) mass is 376 g/mol. The fourth-order valence-corrected chi connectivity index (χ4v) is 2.60. The highest BCUT2D eigenvalue weighted by atomic mass is 35.5. The standard InChI is InChI=1S/C19H21ClN2O4/c1-14-12-16(9-10-17(14)20)26-11-5-8-19(23)21(2)13-15-6-3-4-7-18(15)22(24)25/h3-4,6-7,9-10,12H,5,8,11,13H2,1-2H3. The van der Waals surface area contributed by atoms with Gasteiger partial charge in [-0.15, -0.1) is 0 Å². The summed E-state index contributed by atoms with van der Waals surface area (Å²) in [6, 6.07) is 11.9. The largest absolute Gasteiger partial charge is 0.494 e. The zero-order valence-corrected chi connectivity index (χ0v) is 15.5. The number of benzene rings is 2. The number of aryl methyl sites for hydroxylation is 1. The van der Waals surface area contributed by atoms with Crippen LogP contribution >= 0.6 is 11.6 Å². The van der Waals surface area contributed by atoms with Crippen LogP contribution in [0.1, 0.15) is 24.0 Å². The maximum atomic E-state index is 12.2. The van der Waals surface area contributed by atoms with E-state index in [0.717, 1.165) is 5.56 Å². The molecule has 0 aliphatic heterocycles. The molecule has 0 heterocycles. The Bertz CT molecular complexity index is 795. The molecule has 0 atom stereocenters. The molecule has 6 nitrogen and oxygen atoms in total. The lowest BCUT2D eigenvalue weighted by Crippen LogP contribution is -2.26. The molecule has 2 rings (SSSR count). The number of para-hydroxylation sites is 1. The number of carbonyl (C=O) groups excluding carboxylic acids is 1. The van der Waals surface area contributed by atoms with Crippen LogP contribution in [0, 0.1) is 17.0 Å². The van der Waals surface area contributed by atoms with E-state index in [4.69, 9.17) is 16.3 Å². The van der Waals surface area contributed by atoms with Gasteiger partial charge in [0.25, 0.3) is 5.69 Å². The van der Waals surface area contributed by atoms with E-state index in [9.17, 15) is 14.9 Å². The lowest BCUT2D eigenvalue weighted by molar-refractivity contribution is -0.385. The number of amides is 1. The SMILES string of the molecule is Cc1cc(OCCCC(=O)N(C)Cc2ccccc2[N+](=O)[O-])ccc1Cl. The Morgan fingerprint density at radius 1 is 1.27 bits per heavy atom. The molecule has 0 bridgehead atoms. The Labute approximate surface area is 157 Å². The van der Waals surface area contributed by atoms with Crippen molar-refractivity contribution in [2.24, 2.45) is 0 Å². The predicted molar refractivity (Wildman–Crippen MR) is 100 cm³/mol. The van der Waals surface area contributed by atoms with Crippen LogP contribution in [-0.4, -0.2) is 29.4 Å². The summed E-state index contributed by atoms with van der Waals surface area (Å²) in [5.74, 6) is 0.631. The van der Waals surface area contributed by atoms with E-state index in [1.165, 1.54) is 11.0 Å². The molecule has 0 N–H and O–H groups in total. The van der Waals surface area contributed by atoms with Gasteiger partial charge in [-0.3, -0.25) is 14.9 Å². The molecule has 0 radical (unpaired) electrons.